The number of nitrogens with zero attached hydrogens (tertiary/aromatic N) is 1. The summed E-state index contributed by atoms with van der Waals surface area (Å²) in [6, 6.07) is 12.4. The van der Waals surface area contributed by atoms with Gasteiger partial charge < -0.3 is 0 Å². The Morgan fingerprint density at radius 3 is 2.76 bits per heavy atom. The van der Waals surface area contributed by atoms with E-state index < -0.39 is 0 Å². The summed E-state index contributed by atoms with van der Waals surface area (Å²) >= 11 is 8.71. The molecule has 0 aliphatic rings. The van der Waals surface area contributed by atoms with Crippen LogP contribution < -0.4 is 0 Å². The number of benzene rings is 1. The van der Waals surface area contributed by atoms with Crippen LogP contribution in [-0.2, 0) is 6.42 Å². The van der Waals surface area contributed by atoms with Crippen LogP contribution in [0.2, 0.25) is 0 Å². The number of halogens is 2. The Hall–Kier alpha value is -0.610. The Balaban J connectivity index is 2.11. The van der Waals surface area contributed by atoms with E-state index in [1.54, 1.807) is 0 Å². The zero-order valence-electron chi connectivity index (χ0n) is 9.53. The van der Waals surface area contributed by atoms with Crippen molar-refractivity contribution in [2.24, 2.45) is 0 Å². The van der Waals surface area contributed by atoms with Crippen molar-refractivity contribution in [3.8, 4) is 0 Å². The lowest BCUT2D eigenvalue weighted by molar-refractivity contribution is 0.878. The molecule has 3 heteroatoms. The van der Waals surface area contributed by atoms with Crippen LogP contribution in [0.5, 0.6) is 0 Å². The lowest BCUT2D eigenvalue weighted by Gasteiger charge is -2.09. The van der Waals surface area contributed by atoms with Gasteiger partial charge in [-0.2, -0.15) is 0 Å². The monoisotopic (exact) mass is 357 g/mol. The molecule has 0 radical (unpaired) electrons. The van der Waals surface area contributed by atoms with E-state index in [9.17, 15) is 0 Å². The third kappa shape index (κ3) is 3.68. The highest BCUT2D eigenvalue weighted by Crippen LogP contribution is 2.25. The number of pyridine rings is 1. The topological polar surface area (TPSA) is 12.9 Å². The van der Waals surface area contributed by atoms with Crippen molar-refractivity contribution >= 4 is 34.2 Å². The van der Waals surface area contributed by atoms with E-state index in [-0.39, 0.29) is 5.38 Å². The fourth-order valence-corrected chi connectivity index (χ4v) is 2.48. The van der Waals surface area contributed by atoms with Gasteiger partial charge in [0.2, 0.25) is 0 Å². The second-order valence-electron chi connectivity index (χ2n) is 4.05. The Morgan fingerprint density at radius 1 is 1.29 bits per heavy atom. The Kier molecular flexibility index (Phi) is 4.40. The second kappa shape index (κ2) is 5.83. The largest absolute Gasteiger partial charge is 0.261 e. The summed E-state index contributed by atoms with van der Waals surface area (Å²) in [6.45, 7) is 2.04. The van der Waals surface area contributed by atoms with Crippen LogP contribution >= 0.6 is 34.2 Å². The summed E-state index contributed by atoms with van der Waals surface area (Å²) in [6.07, 6.45) is 2.65. The molecule has 1 atom stereocenters. The molecule has 0 saturated carbocycles. The van der Waals surface area contributed by atoms with Gasteiger partial charge in [0.05, 0.1) is 5.38 Å². The molecule has 2 aromatic rings. The lowest BCUT2D eigenvalue weighted by Crippen LogP contribution is -1.98. The molecule has 0 spiro atoms. The van der Waals surface area contributed by atoms with Gasteiger partial charge in [-0.3, -0.25) is 4.98 Å². The third-order valence-corrected chi connectivity index (χ3v) is 3.65. The maximum absolute atomic E-state index is 6.41. The van der Waals surface area contributed by atoms with Gasteiger partial charge in [-0.25, -0.2) is 0 Å². The van der Waals surface area contributed by atoms with E-state index in [2.05, 4.69) is 51.8 Å². The predicted molar refractivity (Wildman–Crippen MR) is 80.4 cm³/mol. The average Bonchev–Trinajstić information content (AvgIpc) is 2.32. The molecule has 1 aromatic heterocycles. The molecule has 17 heavy (non-hydrogen) atoms. The number of hydrogen-bond acceptors (Lipinski definition) is 1. The van der Waals surface area contributed by atoms with Gasteiger partial charge in [0, 0.05) is 21.9 Å². The zero-order chi connectivity index (χ0) is 12.3. The van der Waals surface area contributed by atoms with E-state index in [0.29, 0.717) is 0 Å². The highest BCUT2D eigenvalue weighted by Gasteiger charge is 2.09. The van der Waals surface area contributed by atoms with Gasteiger partial charge in [0.15, 0.2) is 0 Å². The van der Waals surface area contributed by atoms with Crippen LogP contribution in [0.4, 0.5) is 0 Å². The van der Waals surface area contributed by atoms with Crippen molar-refractivity contribution < 1.29 is 0 Å². The molecule has 2 rings (SSSR count). The minimum absolute atomic E-state index is 0.0140. The Labute approximate surface area is 120 Å². The molecule has 1 aromatic carbocycles. The molecule has 1 unspecified atom stereocenters. The van der Waals surface area contributed by atoms with E-state index in [1.165, 1.54) is 9.13 Å². The quantitative estimate of drug-likeness (QED) is 0.581. The summed E-state index contributed by atoms with van der Waals surface area (Å²) in [5.74, 6) is 0. The van der Waals surface area contributed by atoms with Crippen LogP contribution in [0.25, 0.3) is 0 Å². The maximum atomic E-state index is 6.41. The zero-order valence-corrected chi connectivity index (χ0v) is 12.4. The minimum atomic E-state index is -0.0140. The molecule has 0 saturated heterocycles. The van der Waals surface area contributed by atoms with Crippen molar-refractivity contribution in [1.29, 1.82) is 0 Å². The number of alkyl halides is 1. The second-order valence-corrected chi connectivity index (χ2v) is 5.83. The van der Waals surface area contributed by atoms with Crippen LogP contribution in [-0.4, -0.2) is 4.98 Å². The van der Waals surface area contributed by atoms with Crippen LogP contribution in [0, 0.1) is 10.5 Å². The van der Waals surface area contributed by atoms with Gasteiger partial charge in [0.1, 0.15) is 0 Å². The number of hydrogen-bond donors (Lipinski definition) is 0. The first-order valence-corrected chi connectivity index (χ1v) is 6.98. The minimum Gasteiger partial charge on any atom is -0.261 e. The van der Waals surface area contributed by atoms with Crippen molar-refractivity contribution in [2.45, 2.75) is 18.7 Å². The number of aromatic nitrogens is 1. The van der Waals surface area contributed by atoms with Gasteiger partial charge in [-0.1, -0.05) is 18.2 Å². The standard InChI is InChI=1S/C14H13ClIN/c1-10-5-6-13(17-9-10)8-14(15)11-3-2-4-12(16)7-11/h2-7,9,14H,8H2,1H3. The van der Waals surface area contributed by atoms with Gasteiger partial charge in [-0.05, 0) is 58.8 Å². The Morgan fingerprint density at radius 2 is 2.12 bits per heavy atom. The SMILES string of the molecule is Cc1ccc(CC(Cl)c2cccc(I)c2)nc1. The molecule has 0 N–H and O–H groups in total. The molecule has 0 aliphatic carbocycles. The summed E-state index contributed by atoms with van der Waals surface area (Å²) in [7, 11) is 0. The molecular formula is C14H13ClIN. The first-order chi connectivity index (χ1) is 8.15. The van der Waals surface area contributed by atoms with E-state index >= 15 is 0 Å². The van der Waals surface area contributed by atoms with Crippen molar-refractivity contribution in [3.05, 3.63) is 63.0 Å². The number of aryl methyl sites for hydroxylation is 1. The smallest absolute Gasteiger partial charge is 0.0641 e. The summed E-state index contributed by atoms with van der Waals surface area (Å²) in [5, 5.41) is -0.0140. The fourth-order valence-electron chi connectivity index (χ4n) is 1.62. The highest BCUT2D eigenvalue weighted by atomic mass is 127. The van der Waals surface area contributed by atoms with Gasteiger partial charge >= 0.3 is 0 Å². The lowest BCUT2D eigenvalue weighted by atomic mass is 10.1. The molecule has 0 amide bonds. The summed E-state index contributed by atoms with van der Waals surface area (Å²) < 4.78 is 1.21. The highest BCUT2D eigenvalue weighted by molar-refractivity contribution is 14.1. The molecule has 1 heterocycles. The van der Waals surface area contributed by atoms with Crippen LogP contribution in [0.15, 0.2) is 42.6 Å². The van der Waals surface area contributed by atoms with Crippen LogP contribution in [0.3, 0.4) is 0 Å². The molecule has 0 aliphatic heterocycles. The molecule has 0 bridgehead atoms. The van der Waals surface area contributed by atoms with Gasteiger partial charge in [0.25, 0.3) is 0 Å². The number of rotatable bonds is 3. The third-order valence-electron chi connectivity index (χ3n) is 2.57. The molecule has 88 valence electrons. The molecule has 0 fully saturated rings. The maximum Gasteiger partial charge on any atom is 0.0641 e. The van der Waals surface area contributed by atoms with Gasteiger partial charge in [-0.15, -0.1) is 11.6 Å². The molecule has 1 nitrogen and oxygen atoms in total. The summed E-state index contributed by atoms with van der Waals surface area (Å²) in [4.78, 5) is 4.38. The van der Waals surface area contributed by atoms with Crippen molar-refractivity contribution in [3.63, 3.8) is 0 Å². The van der Waals surface area contributed by atoms with Crippen molar-refractivity contribution in [2.75, 3.05) is 0 Å². The van der Waals surface area contributed by atoms with Crippen LogP contribution in [0.1, 0.15) is 22.2 Å². The van der Waals surface area contributed by atoms with E-state index in [1.807, 2.05) is 25.3 Å². The summed E-state index contributed by atoms with van der Waals surface area (Å²) in [5.41, 5.74) is 3.37. The predicted octanol–water partition coefficient (Wildman–Crippen LogP) is 4.52. The fraction of sp³-hybridized carbons (Fsp3) is 0.214. The average molecular weight is 358 g/mol. The van der Waals surface area contributed by atoms with E-state index in [4.69, 9.17) is 11.6 Å². The first kappa shape index (κ1) is 12.8. The van der Waals surface area contributed by atoms with E-state index in [0.717, 1.165) is 17.7 Å². The Bertz CT molecular complexity index is 496. The molecular weight excluding hydrogens is 345 g/mol. The van der Waals surface area contributed by atoms with Crippen molar-refractivity contribution in [1.82, 2.24) is 4.98 Å². The first-order valence-electron chi connectivity index (χ1n) is 5.46. The normalized spacial score (nSPS) is 12.4.